The van der Waals surface area contributed by atoms with E-state index in [4.69, 9.17) is 8.94 Å². The predicted octanol–water partition coefficient (Wildman–Crippen LogP) is 3.70. The van der Waals surface area contributed by atoms with Crippen molar-refractivity contribution in [1.82, 2.24) is 10.5 Å². The molecule has 0 saturated heterocycles. The van der Waals surface area contributed by atoms with E-state index in [1.165, 1.54) is 18.4 Å². The van der Waals surface area contributed by atoms with Crippen molar-refractivity contribution in [3.63, 3.8) is 0 Å². The number of carbonyl (C=O) groups excluding carboxylic acids is 1. The quantitative estimate of drug-likeness (QED) is 0.796. The molecule has 0 spiro atoms. The van der Waals surface area contributed by atoms with Crippen molar-refractivity contribution in [2.24, 2.45) is 0 Å². The van der Waals surface area contributed by atoms with Crippen LogP contribution in [0.4, 0.5) is 8.78 Å². The Morgan fingerprint density at radius 1 is 1.17 bits per heavy atom. The van der Waals surface area contributed by atoms with Crippen LogP contribution >= 0.6 is 0 Å². The van der Waals surface area contributed by atoms with Gasteiger partial charge in [0.2, 0.25) is 5.76 Å². The molecular weight excluding hydrogens is 306 g/mol. The summed E-state index contributed by atoms with van der Waals surface area (Å²) in [6.45, 7) is 1.65. The molecule has 2 heterocycles. The molecule has 23 heavy (non-hydrogen) atoms. The predicted molar refractivity (Wildman–Crippen MR) is 76.4 cm³/mol. The number of furan rings is 1. The third-order valence-electron chi connectivity index (χ3n) is 3.30. The summed E-state index contributed by atoms with van der Waals surface area (Å²) in [5.41, 5.74) is 0.498. The SMILES string of the molecule is CC(NC(=O)c1cc(-c2ccco2)on1)c1ccc(F)c(F)c1. The first-order valence-electron chi connectivity index (χ1n) is 6.81. The Morgan fingerprint density at radius 3 is 2.70 bits per heavy atom. The maximum absolute atomic E-state index is 13.2. The number of benzene rings is 1. The number of halogens is 2. The van der Waals surface area contributed by atoms with Gasteiger partial charge in [0, 0.05) is 6.07 Å². The molecule has 3 aromatic rings. The topological polar surface area (TPSA) is 68.3 Å². The lowest BCUT2D eigenvalue weighted by Gasteiger charge is -2.13. The minimum absolute atomic E-state index is 0.0610. The number of amides is 1. The van der Waals surface area contributed by atoms with Gasteiger partial charge < -0.3 is 14.3 Å². The van der Waals surface area contributed by atoms with Gasteiger partial charge in [0.15, 0.2) is 23.1 Å². The monoisotopic (exact) mass is 318 g/mol. The molecular formula is C16H12F2N2O3. The van der Waals surface area contributed by atoms with Crippen molar-refractivity contribution in [2.45, 2.75) is 13.0 Å². The number of carbonyl (C=O) groups is 1. The van der Waals surface area contributed by atoms with Crippen LogP contribution in [0.5, 0.6) is 0 Å². The molecule has 1 atom stereocenters. The first-order chi connectivity index (χ1) is 11.0. The minimum Gasteiger partial charge on any atom is -0.461 e. The average Bonchev–Trinajstić information content (AvgIpc) is 3.20. The standard InChI is InChI=1S/C16H12F2N2O3/c1-9(10-4-5-11(17)12(18)7-10)19-16(21)13-8-15(23-20-13)14-3-2-6-22-14/h2-9H,1H3,(H,19,21). The molecule has 1 amide bonds. The Kier molecular flexibility index (Phi) is 3.92. The van der Waals surface area contributed by atoms with E-state index in [1.54, 1.807) is 19.1 Å². The van der Waals surface area contributed by atoms with Crippen molar-refractivity contribution in [2.75, 3.05) is 0 Å². The first-order valence-corrected chi connectivity index (χ1v) is 6.81. The van der Waals surface area contributed by atoms with Crippen molar-refractivity contribution < 1.29 is 22.5 Å². The third-order valence-corrected chi connectivity index (χ3v) is 3.30. The number of rotatable bonds is 4. The highest BCUT2D eigenvalue weighted by Gasteiger charge is 2.18. The lowest BCUT2D eigenvalue weighted by molar-refractivity contribution is 0.0930. The maximum Gasteiger partial charge on any atom is 0.273 e. The molecule has 1 N–H and O–H groups in total. The summed E-state index contributed by atoms with van der Waals surface area (Å²) in [7, 11) is 0. The molecule has 1 unspecified atom stereocenters. The van der Waals surface area contributed by atoms with E-state index in [1.807, 2.05) is 0 Å². The fraction of sp³-hybridized carbons (Fsp3) is 0.125. The summed E-state index contributed by atoms with van der Waals surface area (Å²) in [4.78, 5) is 12.1. The highest BCUT2D eigenvalue weighted by atomic mass is 19.2. The fourth-order valence-corrected chi connectivity index (χ4v) is 2.05. The number of hydrogen-bond acceptors (Lipinski definition) is 4. The Bertz CT molecular complexity index is 828. The highest BCUT2D eigenvalue weighted by molar-refractivity contribution is 5.93. The number of nitrogens with zero attached hydrogens (tertiary/aromatic N) is 1. The van der Waals surface area contributed by atoms with Crippen molar-refractivity contribution in [1.29, 1.82) is 0 Å². The van der Waals surface area contributed by atoms with E-state index in [-0.39, 0.29) is 5.69 Å². The first kappa shape index (κ1) is 15.0. The van der Waals surface area contributed by atoms with Crippen LogP contribution in [-0.4, -0.2) is 11.1 Å². The average molecular weight is 318 g/mol. The van der Waals surface area contributed by atoms with Gasteiger partial charge >= 0.3 is 0 Å². The van der Waals surface area contributed by atoms with Crippen LogP contribution < -0.4 is 5.32 Å². The zero-order valence-corrected chi connectivity index (χ0v) is 12.0. The summed E-state index contributed by atoms with van der Waals surface area (Å²) in [5, 5.41) is 6.31. The normalized spacial score (nSPS) is 12.1. The number of aromatic nitrogens is 1. The Morgan fingerprint density at radius 2 is 2.00 bits per heavy atom. The molecule has 1 aromatic carbocycles. The summed E-state index contributed by atoms with van der Waals surface area (Å²) in [5.74, 6) is -1.63. The summed E-state index contributed by atoms with van der Waals surface area (Å²) in [6.07, 6.45) is 1.47. The lowest BCUT2D eigenvalue weighted by Crippen LogP contribution is -2.27. The van der Waals surface area contributed by atoms with Gasteiger partial charge in [-0.3, -0.25) is 4.79 Å². The van der Waals surface area contributed by atoms with Crippen molar-refractivity contribution in [3.8, 4) is 11.5 Å². The van der Waals surface area contributed by atoms with E-state index in [9.17, 15) is 13.6 Å². The van der Waals surface area contributed by atoms with Crippen molar-refractivity contribution in [3.05, 3.63) is 65.6 Å². The molecule has 3 rings (SSSR count). The van der Waals surface area contributed by atoms with Gasteiger partial charge in [0.05, 0.1) is 12.3 Å². The second-order valence-corrected chi connectivity index (χ2v) is 4.92. The van der Waals surface area contributed by atoms with Crippen molar-refractivity contribution >= 4 is 5.91 Å². The van der Waals surface area contributed by atoms with Crippen LogP contribution in [0.15, 0.2) is 51.6 Å². The second kappa shape index (κ2) is 6.04. The van der Waals surface area contributed by atoms with E-state index in [0.717, 1.165) is 12.1 Å². The highest BCUT2D eigenvalue weighted by Crippen LogP contribution is 2.21. The third kappa shape index (κ3) is 3.13. The van der Waals surface area contributed by atoms with Crippen LogP contribution in [0.2, 0.25) is 0 Å². The number of nitrogens with one attached hydrogen (secondary N) is 1. The molecule has 0 aliphatic rings. The molecule has 0 bridgehead atoms. The molecule has 0 fully saturated rings. The van der Waals surface area contributed by atoms with Gasteiger partial charge in [-0.1, -0.05) is 11.2 Å². The van der Waals surface area contributed by atoms with Gasteiger partial charge in [-0.15, -0.1) is 0 Å². The van der Waals surface area contributed by atoms with Crippen LogP contribution in [0.3, 0.4) is 0 Å². The Labute approximate surface area is 129 Å². The van der Waals surface area contributed by atoms with E-state index < -0.39 is 23.6 Å². The van der Waals surface area contributed by atoms with Crippen LogP contribution in [0.1, 0.15) is 29.0 Å². The summed E-state index contributed by atoms with van der Waals surface area (Å²) >= 11 is 0. The fourth-order valence-electron chi connectivity index (χ4n) is 2.05. The number of hydrogen-bond donors (Lipinski definition) is 1. The zero-order valence-electron chi connectivity index (χ0n) is 12.0. The van der Waals surface area contributed by atoms with Gasteiger partial charge in [0.1, 0.15) is 0 Å². The Balaban J connectivity index is 1.72. The smallest absolute Gasteiger partial charge is 0.273 e. The minimum atomic E-state index is -0.967. The van der Waals surface area contributed by atoms with Crippen LogP contribution in [0.25, 0.3) is 11.5 Å². The zero-order chi connectivity index (χ0) is 16.4. The Hall–Kier alpha value is -2.96. The molecule has 5 nitrogen and oxygen atoms in total. The molecule has 118 valence electrons. The summed E-state index contributed by atoms with van der Waals surface area (Å²) in [6, 6.07) is 7.72. The van der Waals surface area contributed by atoms with Gasteiger partial charge in [-0.2, -0.15) is 0 Å². The maximum atomic E-state index is 13.2. The molecule has 0 aliphatic carbocycles. The summed E-state index contributed by atoms with van der Waals surface area (Å²) < 4.78 is 36.4. The lowest BCUT2D eigenvalue weighted by atomic mass is 10.1. The molecule has 2 aromatic heterocycles. The molecule has 0 radical (unpaired) electrons. The van der Waals surface area contributed by atoms with Crippen LogP contribution in [-0.2, 0) is 0 Å². The molecule has 7 heteroatoms. The van der Waals surface area contributed by atoms with E-state index >= 15 is 0 Å². The van der Waals surface area contributed by atoms with Gasteiger partial charge in [0.25, 0.3) is 5.91 Å². The van der Waals surface area contributed by atoms with E-state index in [0.29, 0.717) is 17.1 Å². The largest absolute Gasteiger partial charge is 0.461 e. The molecule has 0 saturated carbocycles. The van der Waals surface area contributed by atoms with Crippen LogP contribution in [0, 0.1) is 11.6 Å². The van der Waals surface area contributed by atoms with Gasteiger partial charge in [-0.05, 0) is 36.8 Å². The second-order valence-electron chi connectivity index (χ2n) is 4.92. The van der Waals surface area contributed by atoms with Gasteiger partial charge in [-0.25, -0.2) is 8.78 Å². The molecule has 0 aliphatic heterocycles. The van der Waals surface area contributed by atoms with E-state index in [2.05, 4.69) is 10.5 Å².